The first-order valence-corrected chi connectivity index (χ1v) is 7.44. The molecule has 0 saturated carbocycles. The largest absolute Gasteiger partial charge is 0.370 e. The molecular weight excluding hydrogens is 385 g/mol. The van der Waals surface area contributed by atoms with Gasteiger partial charge in [0, 0.05) is 13.1 Å². The summed E-state index contributed by atoms with van der Waals surface area (Å²) < 4.78 is 0. The molecule has 2 aromatic rings. The number of hydrogen-bond acceptors (Lipinski definition) is 1. The Morgan fingerprint density at radius 2 is 1.41 bits per heavy atom. The van der Waals surface area contributed by atoms with Gasteiger partial charge in [0.25, 0.3) is 0 Å². The minimum atomic E-state index is 0. The highest BCUT2D eigenvalue weighted by atomic mass is 127. The van der Waals surface area contributed by atoms with Crippen molar-refractivity contribution < 1.29 is 0 Å². The van der Waals surface area contributed by atoms with Crippen LogP contribution in [0.5, 0.6) is 0 Å². The van der Waals surface area contributed by atoms with Crippen molar-refractivity contribution in [1.82, 2.24) is 4.90 Å². The van der Waals surface area contributed by atoms with E-state index in [2.05, 4.69) is 65.3 Å². The Bertz CT molecular complexity index is 530. The summed E-state index contributed by atoms with van der Waals surface area (Å²) in [4.78, 5) is 6.54. The monoisotopic (exact) mass is 409 g/mol. The lowest BCUT2D eigenvalue weighted by Crippen LogP contribution is -2.40. The summed E-state index contributed by atoms with van der Waals surface area (Å²) in [5.74, 6) is 0.595. The molecule has 0 fully saturated rings. The molecule has 0 aliphatic heterocycles. The van der Waals surface area contributed by atoms with Gasteiger partial charge in [0.2, 0.25) is 0 Å². The SMILES string of the molecule is CCN=C(N)N(CC)C(c1ccccc1)c1ccccc1.I. The first kappa shape index (κ1) is 18.5. The third-order valence-corrected chi connectivity index (χ3v) is 3.50. The Hall–Kier alpha value is -1.56. The van der Waals surface area contributed by atoms with Gasteiger partial charge in [-0.1, -0.05) is 60.7 Å². The molecule has 0 radical (unpaired) electrons. The highest BCUT2D eigenvalue weighted by Gasteiger charge is 2.22. The summed E-state index contributed by atoms with van der Waals surface area (Å²) in [7, 11) is 0. The van der Waals surface area contributed by atoms with Crippen molar-refractivity contribution in [2.24, 2.45) is 10.7 Å². The third kappa shape index (κ3) is 4.47. The third-order valence-electron chi connectivity index (χ3n) is 3.50. The summed E-state index contributed by atoms with van der Waals surface area (Å²) in [6.07, 6.45) is 0. The van der Waals surface area contributed by atoms with Gasteiger partial charge in [-0.25, -0.2) is 0 Å². The molecular formula is C18H24IN3. The molecule has 0 atom stereocenters. The van der Waals surface area contributed by atoms with E-state index in [4.69, 9.17) is 5.73 Å². The topological polar surface area (TPSA) is 41.6 Å². The molecule has 0 unspecified atom stereocenters. The van der Waals surface area contributed by atoms with Gasteiger partial charge in [-0.3, -0.25) is 4.99 Å². The lowest BCUT2D eigenvalue weighted by molar-refractivity contribution is 0.369. The molecule has 2 aromatic carbocycles. The maximum absolute atomic E-state index is 6.19. The fourth-order valence-electron chi connectivity index (χ4n) is 2.55. The standard InChI is InChI=1S/C18H23N3.HI/c1-3-20-18(19)21(4-2)17(15-11-7-5-8-12-15)16-13-9-6-10-14-16;/h5-14,17H,3-4H2,1-2H3,(H2,19,20);1H. The van der Waals surface area contributed by atoms with Crippen LogP contribution in [0.25, 0.3) is 0 Å². The van der Waals surface area contributed by atoms with E-state index in [-0.39, 0.29) is 30.0 Å². The number of nitrogens with zero attached hydrogens (tertiary/aromatic N) is 2. The Kier molecular flexibility index (Phi) is 7.95. The van der Waals surface area contributed by atoms with E-state index in [1.165, 1.54) is 11.1 Å². The fourth-order valence-corrected chi connectivity index (χ4v) is 2.55. The van der Waals surface area contributed by atoms with Crippen molar-refractivity contribution in [2.45, 2.75) is 19.9 Å². The van der Waals surface area contributed by atoms with Crippen LogP contribution in [0.4, 0.5) is 0 Å². The normalized spacial score (nSPS) is 11.1. The second-order valence-corrected chi connectivity index (χ2v) is 4.84. The number of nitrogens with two attached hydrogens (primary N) is 1. The molecule has 0 aliphatic carbocycles. The van der Waals surface area contributed by atoms with E-state index in [9.17, 15) is 0 Å². The minimum Gasteiger partial charge on any atom is -0.370 e. The van der Waals surface area contributed by atoms with Crippen LogP contribution in [0.15, 0.2) is 65.7 Å². The number of benzene rings is 2. The number of aliphatic imine (C=N–C) groups is 1. The van der Waals surface area contributed by atoms with E-state index >= 15 is 0 Å². The lowest BCUT2D eigenvalue weighted by atomic mass is 9.97. The van der Waals surface area contributed by atoms with Crippen molar-refractivity contribution in [1.29, 1.82) is 0 Å². The maximum Gasteiger partial charge on any atom is 0.192 e. The zero-order valence-electron chi connectivity index (χ0n) is 13.1. The second kappa shape index (κ2) is 9.46. The van der Waals surface area contributed by atoms with Gasteiger partial charge in [0.1, 0.15) is 0 Å². The molecule has 0 heterocycles. The molecule has 0 bridgehead atoms. The Morgan fingerprint density at radius 3 is 1.77 bits per heavy atom. The van der Waals surface area contributed by atoms with Crippen LogP contribution in [0.3, 0.4) is 0 Å². The molecule has 22 heavy (non-hydrogen) atoms. The summed E-state index contributed by atoms with van der Waals surface area (Å²) in [5.41, 5.74) is 8.63. The van der Waals surface area contributed by atoms with Gasteiger partial charge in [0.05, 0.1) is 6.04 Å². The summed E-state index contributed by atoms with van der Waals surface area (Å²) in [6.45, 7) is 5.61. The van der Waals surface area contributed by atoms with E-state index < -0.39 is 0 Å². The van der Waals surface area contributed by atoms with Crippen LogP contribution in [0.1, 0.15) is 31.0 Å². The highest BCUT2D eigenvalue weighted by molar-refractivity contribution is 14.0. The quantitative estimate of drug-likeness (QED) is 0.460. The van der Waals surface area contributed by atoms with Crippen molar-refractivity contribution in [2.75, 3.05) is 13.1 Å². The maximum atomic E-state index is 6.19. The van der Waals surface area contributed by atoms with Gasteiger partial charge in [-0.15, -0.1) is 24.0 Å². The minimum absolute atomic E-state index is 0. The van der Waals surface area contributed by atoms with Crippen molar-refractivity contribution in [3.63, 3.8) is 0 Å². The number of hydrogen-bond donors (Lipinski definition) is 1. The van der Waals surface area contributed by atoms with Crippen LogP contribution >= 0.6 is 24.0 Å². The van der Waals surface area contributed by atoms with Crippen molar-refractivity contribution in [3.05, 3.63) is 71.8 Å². The van der Waals surface area contributed by atoms with Gasteiger partial charge in [-0.05, 0) is 25.0 Å². The first-order chi connectivity index (χ1) is 10.3. The molecule has 0 aromatic heterocycles. The smallest absolute Gasteiger partial charge is 0.192 e. The molecule has 0 aliphatic rings. The number of halogens is 1. The first-order valence-electron chi connectivity index (χ1n) is 7.44. The molecule has 0 saturated heterocycles. The average molecular weight is 409 g/mol. The molecule has 2 rings (SSSR count). The van der Waals surface area contributed by atoms with E-state index in [1.807, 2.05) is 19.1 Å². The van der Waals surface area contributed by atoms with Gasteiger partial charge in [0.15, 0.2) is 5.96 Å². The number of guanidine groups is 1. The number of rotatable bonds is 5. The molecule has 3 nitrogen and oxygen atoms in total. The van der Waals surface area contributed by atoms with Crippen LogP contribution in [-0.4, -0.2) is 23.9 Å². The summed E-state index contributed by atoms with van der Waals surface area (Å²) >= 11 is 0. The van der Waals surface area contributed by atoms with E-state index in [0.29, 0.717) is 12.5 Å². The van der Waals surface area contributed by atoms with E-state index in [1.54, 1.807) is 0 Å². The Labute approximate surface area is 150 Å². The van der Waals surface area contributed by atoms with Crippen LogP contribution in [-0.2, 0) is 0 Å². The van der Waals surface area contributed by atoms with Crippen LogP contribution < -0.4 is 5.73 Å². The fraction of sp³-hybridized carbons (Fsp3) is 0.278. The van der Waals surface area contributed by atoms with Gasteiger partial charge < -0.3 is 10.6 Å². The average Bonchev–Trinajstić information content (AvgIpc) is 2.54. The predicted octanol–water partition coefficient (Wildman–Crippen LogP) is 4.05. The van der Waals surface area contributed by atoms with Gasteiger partial charge >= 0.3 is 0 Å². The molecule has 4 heteroatoms. The van der Waals surface area contributed by atoms with Gasteiger partial charge in [-0.2, -0.15) is 0 Å². The van der Waals surface area contributed by atoms with Crippen molar-refractivity contribution in [3.8, 4) is 0 Å². The van der Waals surface area contributed by atoms with E-state index in [0.717, 1.165) is 6.54 Å². The lowest BCUT2D eigenvalue weighted by Gasteiger charge is -2.32. The molecule has 0 amide bonds. The van der Waals surface area contributed by atoms with Crippen molar-refractivity contribution >= 4 is 29.9 Å². The zero-order valence-corrected chi connectivity index (χ0v) is 15.5. The van der Waals surface area contributed by atoms with Crippen LogP contribution in [0.2, 0.25) is 0 Å². The molecule has 0 spiro atoms. The highest BCUT2D eigenvalue weighted by Crippen LogP contribution is 2.28. The summed E-state index contributed by atoms with van der Waals surface area (Å²) in [5, 5.41) is 0. The predicted molar refractivity (Wildman–Crippen MR) is 105 cm³/mol. The Balaban J connectivity index is 0.00000242. The Morgan fingerprint density at radius 1 is 0.955 bits per heavy atom. The molecule has 118 valence electrons. The zero-order chi connectivity index (χ0) is 15.1. The second-order valence-electron chi connectivity index (χ2n) is 4.84. The summed E-state index contributed by atoms with van der Waals surface area (Å²) in [6, 6.07) is 21.0. The molecule has 2 N–H and O–H groups in total. The van der Waals surface area contributed by atoms with Crippen LogP contribution in [0, 0.1) is 0 Å².